The third-order valence-electron chi connectivity index (χ3n) is 4.96. The van der Waals surface area contributed by atoms with Crippen molar-refractivity contribution in [3.05, 3.63) is 77.9 Å². The number of anilines is 1. The molecule has 2 N–H and O–H groups in total. The fourth-order valence-corrected chi connectivity index (χ4v) is 3.58. The van der Waals surface area contributed by atoms with E-state index < -0.39 is 23.4 Å². The van der Waals surface area contributed by atoms with Gasteiger partial charge in [-0.15, -0.1) is 0 Å². The summed E-state index contributed by atoms with van der Waals surface area (Å²) in [6, 6.07) is 16.5. The first-order valence-corrected chi connectivity index (χ1v) is 9.52. The lowest BCUT2D eigenvalue weighted by Gasteiger charge is -2.08. The van der Waals surface area contributed by atoms with Gasteiger partial charge in [0.2, 0.25) is 5.91 Å². The predicted molar refractivity (Wildman–Crippen MR) is 112 cm³/mol. The number of halogens is 2. The van der Waals surface area contributed by atoms with Gasteiger partial charge in [-0.3, -0.25) is 9.59 Å². The minimum atomic E-state index is -1.12. The SMILES string of the molecule is CCn1c2ccccc2c2cc(NC(=O)CNC(=O)c3ccc(F)c(F)c3)ccc21. The average molecular weight is 407 g/mol. The van der Waals surface area contributed by atoms with Crippen molar-refractivity contribution < 1.29 is 18.4 Å². The van der Waals surface area contributed by atoms with Crippen LogP contribution in [0.25, 0.3) is 21.8 Å². The average Bonchev–Trinajstić information content (AvgIpc) is 3.07. The van der Waals surface area contributed by atoms with Crippen LogP contribution in [0, 0.1) is 11.6 Å². The van der Waals surface area contributed by atoms with E-state index in [0.29, 0.717) is 5.69 Å². The van der Waals surface area contributed by atoms with E-state index in [4.69, 9.17) is 0 Å². The molecular weight excluding hydrogens is 388 g/mol. The summed E-state index contributed by atoms with van der Waals surface area (Å²) in [5.41, 5.74) is 2.74. The number of hydrogen-bond donors (Lipinski definition) is 2. The Bertz CT molecular complexity index is 1280. The number of carbonyl (C=O) groups excluding carboxylic acids is 2. The number of rotatable bonds is 5. The first-order chi connectivity index (χ1) is 14.5. The molecule has 0 aliphatic rings. The van der Waals surface area contributed by atoms with Gasteiger partial charge in [0.1, 0.15) is 0 Å². The third kappa shape index (κ3) is 3.61. The number of para-hydroxylation sites is 1. The van der Waals surface area contributed by atoms with Crippen molar-refractivity contribution in [3.8, 4) is 0 Å². The second-order valence-corrected chi connectivity index (χ2v) is 6.85. The lowest BCUT2D eigenvalue weighted by atomic mass is 10.1. The zero-order valence-electron chi connectivity index (χ0n) is 16.2. The quantitative estimate of drug-likeness (QED) is 0.513. The second-order valence-electron chi connectivity index (χ2n) is 6.85. The van der Waals surface area contributed by atoms with Crippen LogP contribution in [0.5, 0.6) is 0 Å². The minimum Gasteiger partial charge on any atom is -0.343 e. The van der Waals surface area contributed by atoms with E-state index >= 15 is 0 Å². The van der Waals surface area contributed by atoms with E-state index in [9.17, 15) is 18.4 Å². The fourth-order valence-electron chi connectivity index (χ4n) is 3.58. The number of amides is 2. The van der Waals surface area contributed by atoms with Gasteiger partial charge in [-0.2, -0.15) is 0 Å². The molecule has 1 aromatic heterocycles. The van der Waals surface area contributed by atoms with Crippen molar-refractivity contribution in [2.75, 3.05) is 11.9 Å². The third-order valence-corrected chi connectivity index (χ3v) is 4.96. The Kier molecular flexibility index (Phi) is 5.18. The molecule has 2 amide bonds. The van der Waals surface area contributed by atoms with Crippen LogP contribution in [0.4, 0.5) is 14.5 Å². The molecule has 30 heavy (non-hydrogen) atoms. The summed E-state index contributed by atoms with van der Waals surface area (Å²) in [6.45, 7) is 2.61. The number of fused-ring (bicyclic) bond motifs is 3. The summed E-state index contributed by atoms with van der Waals surface area (Å²) in [4.78, 5) is 24.3. The molecule has 4 rings (SSSR count). The summed E-state index contributed by atoms with van der Waals surface area (Å²) < 4.78 is 28.4. The number of aryl methyl sites for hydroxylation is 1. The molecule has 3 aromatic carbocycles. The molecular formula is C23H19F2N3O2. The van der Waals surface area contributed by atoms with Gasteiger partial charge in [-0.25, -0.2) is 8.78 Å². The Morgan fingerprint density at radius 1 is 0.900 bits per heavy atom. The molecule has 152 valence electrons. The van der Waals surface area contributed by atoms with Gasteiger partial charge in [0, 0.05) is 39.6 Å². The van der Waals surface area contributed by atoms with Crippen molar-refractivity contribution in [1.29, 1.82) is 0 Å². The van der Waals surface area contributed by atoms with Crippen molar-refractivity contribution >= 4 is 39.3 Å². The van der Waals surface area contributed by atoms with Gasteiger partial charge < -0.3 is 15.2 Å². The maximum atomic E-state index is 13.3. The summed E-state index contributed by atoms with van der Waals surface area (Å²) in [6.07, 6.45) is 0. The zero-order chi connectivity index (χ0) is 21.3. The van der Waals surface area contributed by atoms with Crippen LogP contribution in [-0.4, -0.2) is 22.9 Å². The number of nitrogens with one attached hydrogen (secondary N) is 2. The predicted octanol–water partition coefficient (Wildman–Crippen LogP) is 4.46. The molecule has 0 atom stereocenters. The summed E-state index contributed by atoms with van der Waals surface area (Å²) in [7, 11) is 0. The van der Waals surface area contributed by atoms with Crippen molar-refractivity contribution in [2.45, 2.75) is 13.5 Å². The van der Waals surface area contributed by atoms with Gasteiger partial charge in [-0.1, -0.05) is 18.2 Å². The summed E-state index contributed by atoms with van der Waals surface area (Å²) >= 11 is 0. The molecule has 0 spiro atoms. The number of nitrogens with zero attached hydrogens (tertiary/aromatic N) is 1. The number of benzene rings is 3. The maximum absolute atomic E-state index is 13.3. The van der Waals surface area contributed by atoms with Crippen molar-refractivity contribution in [2.24, 2.45) is 0 Å². The molecule has 0 saturated carbocycles. The lowest BCUT2D eigenvalue weighted by molar-refractivity contribution is -0.115. The van der Waals surface area contributed by atoms with E-state index in [1.807, 2.05) is 36.4 Å². The highest BCUT2D eigenvalue weighted by Gasteiger charge is 2.13. The van der Waals surface area contributed by atoms with Crippen molar-refractivity contribution in [3.63, 3.8) is 0 Å². The molecule has 0 unspecified atom stereocenters. The Morgan fingerprint density at radius 2 is 1.67 bits per heavy atom. The molecule has 5 nitrogen and oxygen atoms in total. The monoisotopic (exact) mass is 407 g/mol. The molecule has 0 saturated heterocycles. The molecule has 0 bridgehead atoms. The number of aromatic nitrogens is 1. The Hall–Kier alpha value is -3.74. The molecule has 0 aliphatic carbocycles. The Labute approximate surface area is 171 Å². The van der Waals surface area contributed by atoms with Gasteiger partial charge >= 0.3 is 0 Å². The van der Waals surface area contributed by atoms with E-state index in [1.54, 1.807) is 0 Å². The van der Waals surface area contributed by atoms with Crippen LogP contribution in [0.1, 0.15) is 17.3 Å². The van der Waals surface area contributed by atoms with Crippen LogP contribution in [0.2, 0.25) is 0 Å². The fraction of sp³-hybridized carbons (Fsp3) is 0.130. The summed E-state index contributed by atoms with van der Waals surface area (Å²) in [5, 5.41) is 7.28. The largest absolute Gasteiger partial charge is 0.343 e. The smallest absolute Gasteiger partial charge is 0.251 e. The molecule has 4 aromatic rings. The van der Waals surface area contributed by atoms with Crippen LogP contribution < -0.4 is 10.6 Å². The number of hydrogen-bond acceptors (Lipinski definition) is 2. The molecule has 0 fully saturated rings. The second kappa shape index (κ2) is 7.94. The zero-order valence-corrected chi connectivity index (χ0v) is 16.2. The van der Waals surface area contributed by atoms with Gasteiger partial charge in [0.25, 0.3) is 5.91 Å². The maximum Gasteiger partial charge on any atom is 0.251 e. The topological polar surface area (TPSA) is 63.1 Å². The van der Waals surface area contributed by atoms with E-state index in [-0.39, 0.29) is 12.1 Å². The van der Waals surface area contributed by atoms with Gasteiger partial charge in [0.15, 0.2) is 11.6 Å². The first-order valence-electron chi connectivity index (χ1n) is 9.52. The highest BCUT2D eigenvalue weighted by atomic mass is 19.2. The highest BCUT2D eigenvalue weighted by Crippen LogP contribution is 2.30. The van der Waals surface area contributed by atoms with Crippen molar-refractivity contribution in [1.82, 2.24) is 9.88 Å². The van der Waals surface area contributed by atoms with Crippen LogP contribution in [-0.2, 0) is 11.3 Å². The Balaban J connectivity index is 1.48. The van der Waals surface area contributed by atoms with E-state index in [0.717, 1.165) is 46.5 Å². The normalized spacial score (nSPS) is 11.0. The standard InChI is InChI=1S/C23H19F2N3O2/c1-2-28-20-6-4-3-5-16(20)17-12-15(8-10-21(17)28)27-22(29)13-26-23(30)14-7-9-18(24)19(25)11-14/h3-12H,2,13H2,1H3,(H,26,30)(H,27,29). The summed E-state index contributed by atoms with van der Waals surface area (Å²) in [5.74, 6) is -3.24. The van der Waals surface area contributed by atoms with Crippen LogP contribution in [0.15, 0.2) is 60.7 Å². The van der Waals surface area contributed by atoms with Gasteiger partial charge in [-0.05, 0) is 49.4 Å². The van der Waals surface area contributed by atoms with Crippen LogP contribution >= 0.6 is 0 Å². The molecule has 7 heteroatoms. The van der Waals surface area contributed by atoms with E-state index in [2.05, 4.69) is 28.2 Å². The lowest BCUT2D eigenvalue weighted by Crippen LogP contribution is -2.32. The number of carbonyl (C=O) groups is 2. The van der Waals surface area contributed by atoms with E-state index in [1.165, 1.54) is 0 Å². The van der Waals surface area contributed by atoms with Gasteiger partial charge in [0.05, 0.1) is 6.54 Å². The molecule has 1 heterocycles. The van der Waals surface area contributed by atoms with Crippen LogP contribution in [0.3, 0.4) is 0 Å². The molecule has 0 radical (unpaired) electrons. The molecule has 0 aliphatic heterocycles. The Morgan fingerprint density at radius 3 is 2.43 bits per heavy atom. The first kappa shape index (κ1) is 19.6. The minimum absolute atomic E-state index is 0.0597. The highest BCUT2D eigenvalue weighted by molar-refractivity contribution is 6.10.